The molecule has 0 atom stereocenters. The second-order valence-corrected chi connectivity index (χ2v) is 8.79. The largest absolute Gasteiger partial charge is 0.269 e. The Morgan fingerprint density at radius 1 is 0.906 bits per heavy atom. The van der Waals surface area contributed by atoms with Crippen molar-refractivity contribution in [3.05, 3.63) is 105 Å². The molecule has 0 unspecified atom stereocenters. The monoisotopic (exact) mass is 502 g/mol. The van der Waals surface area contributed by atoms with Crippen molar-refractivity contribution in [3.8, 4) is 38.8 Å². The van der Waals surface area contributed by atoms with Crippen LogP contribution in [0.2, 0.25) is 0 Å². The van der Waals surface area contributed by atoms with Crippen molar-refractivity contribution in [2.45, 2.75) is 0 Å². The summed E-state index contributed by atoms with van der Waals surface area (Å²) >= 11 is 5.01. The van der Waals surface area contributed by atoms with Crippen LogP contribution in [0.5, 0.6) is 0 Å². The quantitative estimate of drug-likeness (QED) is 0.191. The molecular formula is C24H15BrN4O2S. The standard InChI is InChI=1S/C24H15BrN4O2S/c25-18-10-6-17(7-11-18)23-21(14-28(27-23)19-4-2-1-3-5-19)24-26-22(15-32-24)16-8-12-20(13-9-16)29(30)31/h1-15H. The molecule has 0 aliphatic rings. The molecule has 0 fully saturated rings. The van der Waals surface area contributed by atoms with Gasteiger partial charge in [-0.25, -0.2) is 9.67 Å². The van der Waals surface area contributed by atoms with Crippen molar-refractivity contribution < 1.29 is 4.92 Å². The van der Waals surface area contributed by atoms with E-state index in [-0.39, 0.29) is 5.69 Å². The number of rotatable bonds is 5. The fraction of sp³-hybridized carbons (Fsp3) is 0. The minimum absolute atomic E-state index is 0.0610. The molecule has 6 nitrogen and oxygen atoms in total. The van der Waals surface area contributed by atoms with Crippen LogP contribution in [0.1, 0.15) is 0 Å². The van der Waals surface area contributed by atoms with Gasteiger partial charge in [-0.15, -0.1) is 11.3 Å². The smallest absolute Gasteiger partial charge is 0.258 e. The summed E-state index contributed by atoms with van der Waals surface area (Å²) in [6.45, 7) is 0. The fourth-order valence-electron chi connectivity index (χ4n) is 3.35. The van der Waals surface area contributed by atoms with Gasteiger partial charge < -0.3 is 0 Å². The highest BCUT2D eigenvalue weighted by molar-refractivity contribution is 9.10. The van der Waals surface area contributed by atoms with Gasteiger partial charge in [0.25, 0.3) is 5.69 Å². The molecule has 8 heteroatoms. The third-order valence-corrected chi connectivity index (χ3v) is 6.37. The molecule has 2 heterocycles. The molecule has 0 amide bonds. The lowest BCUT2D eigenvalue weighted by molar-refractivity contribution is -0.384. The van der Waals surface area contributed by atoms with Crippen LogP contribution in [0.15, 0.2) is 94.9 Å². The Hall–Kier alpha value is -3.62. The number of nitro groups is 1. The van der Waals surface area contributed by atoms with Crippen molar-refractivity contribution in [3.63, 3.8) is 0 Å². The van der Waals surface area contributed by atoms with Gasteiger partial charge in [0.05, 0.1) is 21.9 Å². The fourth-order valence-corrected chi connectivity index (χ4v) is 4.45. The van der Waals surface area contributed by atoms with Crippen molar-refractivity contribution in [1.82, 2.24) is 14.8 Å². The molecule has 0 saturated heterocycles. The summed E-state index contributed by atoms with van der Waals surface area (Å²) in [5.41, 5.74) is 5.38. The average molecular weight is 503 g/mol. The van der Waals surface area contributed by atoms with Gasteiger partial charge in [0, 0.05) is 39.3 Å². The normalized spacial score (nSPS) is 10.9. The lowest BCUT2D eigenvalue weighted by atomic mass is 10.1. The van der Waals surface area contributed by atoms with E-state index in [4.69, 9.17) is 10.1 Å². The minimum Gasteiger partial charge on any atom is -0.258 e. The predicted molar refractivity (Wildman–Crippen MR) is 130 cm³/mol. The van der Waals surface area contributed by atoms with Gasteiger partial charge in [-0.1, -0.05) is 46.3 Å². The van der Waals surface area contributed by atoms with E-state index in [1.165, 1.54) is 23.5 Å². The number of non-ortho nitro benzene ring substituents is 1. The van der Waals surface area contributed by atoms with Gasteiger partial charge in [0.2, 0.25) is 0 Å². The molecular weight excluding hydrogens is 488 g/mol. The SMILES string of the molecule is O=[N+]([O-])c1ccc(-c2csc(-c3cn(-c4ccccc4)nc3-c3ccc(Br)cc3)n2)cc1. The maximum atomic E-state index is 10.9. The van der Waals surface area contributed by atoms with Crippen molar-refractivity contribution in [2.24, 2.45) is 0 Å². The first kappa shape index (κ1) is 20.3. The van der Waals surface area contributed by atoms with Crippen LogP contribution >= 0.6 is 27.3 Å². The zero-order valence-electron chi connectivity index (χ0n) is 16.6. The molecule has 156 valence electrons. The number of para-hydroxylation sites is 1. The lowest BCUT2D eigenvalue weighted by Crippen LogP contribution is -1.93. The van der Waals surface area contributed by atoms with Crippen molar-refractivity contribution in [2.75, 3.05) is 0 Å². The molecule has 32 heavy (non-hydrogen) atoms. The third-order valence-electron chi connectivity index (χ3n) is 4.96. The Morgan fingerprint density at radius 2 is 1.59 bits per heavy atom. The van der Waals surface area contributed by atoms with E-state index in [1.54, 1.807) is 12.1 Å². The summed E-state index contributed by atoms with van der Waals surface area (Å²) in [7, 11) is 0. The van der Waals surface area contributed by atoms with Gasteiger partial charge >= 0.3 is 0 Å². The Morgan fingerprint density at radius 3 is 2.28 bits per heavy atom. The predicted octanol–water partition coefficient (Wildman–Crippen LogP) is 7.00. The van der Waals surface area contributed by atoms with Crippen LogP contribution in [0.4, 0.5) is 5.69 Å². The third kappa shape index (κ3) is 3.98. The number of nitrogens with zero attached hydrogens (tertiary/aromatic N) is 4. The van der Waals surface area contributed by atoms with Gasteiger partial charge in [0.1, 0.15) is 10.7 Å². The molecule has 0 spiro atoms. The van der Waals surface area contributed by atoms with E-state index in [2.05, 4.69) is 15.9 Å². The molecule has 0 saturated carbocycles. The summed E-state index contributed by atoms with van der Waals surface area (Å²) < 4.78 is 2.86. The maximum Gasteiger partial charge on any atom is 0.269 e. The first-order valence-electron chi connectivity index (χ1n) is 9.70. The van der Waals surface area contributed by atoms with E-state index in [0.29, 0.717) is 0 Å². The highest BCUT2D eigenvalue weighted by atomic mass is 79.9. The maximum absolute atomic E-state index is 10.9. The van der Waals surface area contributed by atoms with E-state index >= 15 is 0 Å². The molecule has 0 bridgehead atoms. The summed E-state index contributed by atoms with van der Waals surface area (Å²) in [5, 5.41) is 18.6. The highest BCUT2D eigenvalue weighted by Crippen LogP contribution is 2.36. The first-order valence-corrected chi connectivity index (χ1v) is 11.4. The zero-order valence-corrected chi connectivity index (χ0v) is 19.0. The Bertz CT molecular complexity index is 1390. The Balaban J connectivity index is 1.59. The molecule has 0 N–H and O–H groups in total. The topological polar surface area (TPSA) is 73.8 Å². The number of halogens is 1. The van der Waals surface area contributed by atoms with E-state index < -0.39 is 4.92 Å². The number of nitro benzene ring substituents is 1. The zero-order chi connectivity index (χ0) is 22.1. The van der Waals surface area contributed by atoms with Crippen molar-refractivity contribution >= 4 is 33.0 Å². The van der Waals surface area contributed by atoms with E-state index in [1.807, 2.05) is 70.9 Å². The van der Waals surface area contributed by atoms with Crippen LogP contribution < -0.4 is 0 Å². The number of aromatic nitrogens is 3. The summed E-state index contributed by atoms with van der Waals surface area (Å²) in [6, 6.07) is 24.4. The molecule has 0 aliphatic heterocycles. The van der Waals surface area contributed by atoms with Gasteiger partial charge in [-0.05, 0) is 36.4 Å². The van der Waals surface area contributed by atoms with Crippen LogP contribution in [0, 0.1) is 10.1 Å². The van der Waals surface area contributed by atoms with Crippen LogP contribution in [0.25, 0.3) is 38.8 Å². The number of thiazole rings is 1. The molecule has 0 aliphatic carbocycles. The minimum atomic E-state index is -0.404. The van der Waals surface area contributed by atoms with Crippen molar-refractivity contribution in [1.29, 1.82) is 0 Å². The number of hydrogen-bond acceptors (Lipinski definition) is 5. The number of hydrogen-bond donors (Lipinski definition) is 0. The molecule has 2 aromatic heterocycles. The second-order valence-electron chi connectivity index (χ2n) is 7.02. The molecule has 3 aromatic carbocycles. The molecule has 5 aromatic rings. The number of benzene rings is 3. The van der Waals surface area contributed by atoms with Crippen LogP contribution in [-0.4, -0.2) is 19.7 Å². The van der Waals surface area contributed by atoms with Crippen LogP contribution in [-0.2, 0) is 0 Å². The summed E-state index contributed by atoms with van der Waals surface area (Å²) in [6.07, 6.45) is 1.99. The first-order chi connectivity index (χ1) is 15.6. The second kappa shape index (κ2) is 8.49. The molecule has 5 rings (SSSR count). The van der Waals surface area contributed by atoms with Gasteiger partial charge in [-0.3, -0.25) is 10.1 Å². The van der Waals surface area contributed by atoms with Gasteiger partial charge in [-0.2, -0.15) is 5.10 Å². The Kier molecular flexibility index (Phi) is 5.38. The average Bonchev–Trinajstić information content (AvgIpc) is 3.48. The van der Waals surface area contributed by atoms with Crippen LogP contribution in [0.3, 0.4) is 0 Å². The molecule has 0 radical (unpaired) electrons. The lowest BCUT2D eigenvalue weighted by Gasteiger charge is -2.01. The Labute approximate surface area is 196 Å². The van der Waals surface area contributed by atoms with E-state index in [0.717, 1.165) is 43.2 Å². The van der Waals surface area contributed by atoms with E-state index in [9.17, 15) is 10.1 Å². The summed E-state index contributed by atoms with van der Waals surface area (Å²) in [4.78, 5) is 15.3. The summed E-state index contributed by atoms with van der Waals surface area (Å²) in [5.74, 6) is 0. The highest BCUT2D eigenvalue weighted by Gasteiger charge is 2.18. The van der Waals surface area contributed by atoms with Gasteiger partial charge in [0.15, 0.2) is 0 Å².